The van der Waals surface area contributed by atoms with Crippen molar-refractivity contribution < 1.29 is 14.2 Å². The number of hydrogen-bond donors (Lipinski definition) is 0. The Kier molecular flexibility index (Phi) is 4.78. The average molecular weight is 289 g/mol. The molecule has 1 saturated heterocycles. The second-order valence-electron chi connectivity index (χ2n) is 5.36. The number of fused-ring (bicyclic) bond motifs is 1. The van der Waals surface area contributed by atoms with Crippen LogP contribution in [0.1, 0.15) is 26.2 Å². The largest absolute Gasteiger partial charge is 0.493 e. The molecule has 0 aliphatic carbocycles. The molecular weight excluding hydrogens is 266 g/mol. The van der Waals surface area contributed by atoms with Gasteiger partial charge in [0.2, 0.25) is 0 Å². The van der Waals surface area contributed by atoms with Gasteiger partial charge in [-0.05, 0) is 31.0 Å². The van der Waals surface area contributed by atoms with Gasteiger partial charge in [-0.25, -0.2) is 0 Å². The van der Waals surface area contributed by atoms with Crippen molar-refractivity contribution in [3.63, 3.8) is 0 Å². The van der Waals surface area contributed by atoms with Gasteiger partial charge in [-0.2, -0.15) is 0 Å². The standard InChI is InChI=1S/C17H23NO3/c1-2-11-19-16-6-3-5-15-14(16)7-9-18(15)10-8-17-20-12-4-13-21-17/h3,5-7,9,17H,2,4,8,10-13H2,1H3. The summed E-state index contributed by atoms with van der Waals surface area (Å²) in [4.78, 5) is 0. The van der Waals surface area contributed by atoms with Crippen LogP contribution in [0.5, 0.6) is 5.75 Å². The monoisotopic (exact) mass is 289 g/mol. The molecule has 0 amide bonds. The van der Waals surface area contributed by atoms with Crippen molar-refractivity contribution in [2.75, 3.05) is 19.8 Å². The van der Waals surface area contributed by atoms with Crippen LogP contribution >= 0.6 is 0 Å². The van der Waals surface area contributed by atoms with E-state index in [2.05, 4.69) is 35.9 Å². The summed E-state index contributed by atoms with van der Waals surface area (Å²) in [6.45, 7) is 5.40. The fourth-order valence-corrected chi connectivity index (χ4v) is 2.68. The quantitative estimate of drug-likeness (QED) is 0.814. The van der Waals surface area contributed by atoms with Crippen molar-refractivity contribution >= 4 is 10.9 Å². The molecule has 1 aliphatic heterocycles. The van der Waals surface area contributed by atoms with Gasteiger partial charge in [0, 0.05) is 24.5 Å². The molecule has 0 atom stereocenters. The molecule has 1 aliphatic rings. The number of aryl methyl sites for hydroxylation is 1. The minimum atomic E-state index is -0.0595. The molecule has 0 N–H and O–H groups in total. The summed E-state index contributed by atoms with van der Waals surface area (Å²) in [5, 5.41) is 1.18. The lowest BCUT2D eigenvalue weighted by Crippen LogP contribution is -2.25. The molecule has 0 saturated carbocycles. The maximum absolute atomic E-state index is 5.81. The third-order valence-corrected chi connectivity index (χ3v) is 3.74. The van der Waals surface area contributed by atoms with Crippen LogP contribution in [0.4, 0.5) is 0 Å². The molecule has 4 heteroatoms. The van der Waals surface area contributed by atoms with Gasteiger partial charge < -0.3 is 18.8 Å². The topological polar surface area (TPSA) is 32.6 Å². The van der Waals surface area contributed by atoms with Crippen LogP contribution in [0, 0.1) is 0 Å². The maximum atomic E-state index is 5.81. The fraction of sp³-hybridized carbons (Fsp3) is 0.529. The number of nitrogens with zero attached hydrogens (tertiary/aromatic N) is 1. The van der Waals surface area contributed by atoms with Crippen molar-refractivity contribution in [1.29, 1.82) is 0 Å². The van der Waals surface area contributed by atoms with Crippen LogP contribution in [0.25, 0.3) is 10.9 Å². The van der Waals surface area contributed by atoms with Gasteiger partial charge in [0.15, 0.2) is 6.29 Å². The smallest absolute Gasteiger partial charge is 0.159 e. The third kappa shape index (κ3) is 3.39. The average Bonchev–Trinajstić information content (AvgIpc) is 2.96. The first-order valence-electron chi connectivity index (χ1n) is 7.82. The first-order valence-corrected chi connectivity index (χ1v) is 7.82. The van der Waals surface area contributed by atoms with Crippen molar-refractivity contribution in [3.05, 3.63) is 30.5 Å². The van der Waals surface area contributed by atoms with Crippen LogP contribution in [0.2, 0.25) is 0 Å². The molecular formula is C17H23NO3. The highest BCUT2D eigenvalue weighted by atomic mass is 16.7. The number of aromatic nitrogens is 1. The zero-order chi connectivity index (χ0) is 14.5. The second kappa shape index (κ2) is 6.96. The summed E-state index contributed by atoms with van der Waals surface area (Å²) in [5.74, 6) is 0.971. The molecule has 114 valence electrons. The summed E-state index contributed by atoms with van der Waals surface area (Å²) in [6, 6.07) is 8.35. The van der Waals surface area contributed by atoms with Gasteiger partial charge in [0.1, 0.15) is 5.75 Å². The number of hydrogen-bond acceptors (Lipinski definition) is 3. The van der Waals surface area contributed by atoms with Gasteiger partial charge in [-0.3, -0.25) is 0 Å². The summed E-state index contributed by atoms with van der Waals surface area (Å²) in [7, 11) is 0. The van der Waals surface area contributed by atoms with Crippen molar-refractivity contribution in [3.8, 4) is 5.75 Å². The summed E-state index contributed by atoms with van der Waals surface area (Å²) in [5.41, 5.74) is 1.21. The number of benzene rings is 1. The van der Waals surface area contributed by atoms with Gasteiger partial charge in [0.05, 0.1) is 25.3 Å². The minimum Gasteiger partial charge on any atom is -0.493 e. The highest BCUT2D eigenvalue weighted by molar-refractivity contribution is 5.86. The Morgan fingerprint density at radius 1 is 1.24 bits per heavy atom. The van der Waals surface area contributed by atoms with E-state index >= 15 is 0 Å². The zero-order valence-electron chi connectivity index (χ0n) is 12.6. The second-order valence-corrected chi connectivity index (χ2v) is 5.36. The van der Waals surface area contributed by atoms with E-state index in [0.29, 0.717) is 0 Å². The minimum absolute atomic E-state index is 0.0595. The lowest BCUT2D eigenvalue weighted by Gasteiger charge is -2.23. The van der Waals surface area contributed by atoms with Crippen LogP contribution in [0.3, 0.4) is 0 Å². The lowest BCUT2D eigenvalue weighted by atomic mass is 10.2. The highest BCUT2D eigenvalue weighted by Crippen LogP contribution is 2.27. The molecule has 1 aromatic heterocycles. The molecule has 0 bridgehead atoms. The molecule has 2 heterocycles. The molecule has 21 heavy (non-hydrogen) atoms. The maximum Gasteiger partial charge on any atom is 0.159 e. The Balaban J connectivity index is 1.70. The normalized spacial score (nSPS) is 16.4. The lowest BCUT2D eigenvalue weighted by molar-refractivity contribution is -0.182. The predicted molar refractivity (Wildman–Crippen MR) is 82.7 cm³/mol. The number of ether oxygens (including phenoxy) is 3. The fourth-order valence-electron chi connectivity index (χ4n) is 2.68. The van der Waals surface area contributed by atoms with Crippen molar-refractivity contribution in [2.45, 2.75) is 39.0 Å². The van der Waals surface area contributed by atoms with Crippen LogP contribution in [-0.2, 0) is 16.0 Å². The first kappa shape index (κ1) is 14.4. The first-order chi connectivity index (χ1) is 10.4. The van der Waals surface area contributed by atoms with Crippen LogP contribution in [-0.4, -0.2) is 30.7 Å². The third-order valence-electron chi connectivity index (χ3n) is 3.74. The Morgan fingerprint density at radius 3 is 2.90 bits per heavy atom. The van der Waals surface area contributed by atoms with Crippen molar-refractivity contribution in [2.24, 2.45) is 0 Å². The molecule has 1 fully saturated rings. The van der Waals surface area contributed by atoms with Gasteiger partial charge in [0.25, 0.3) is 0 Å². The molecule has 2 aromatic rings. The van der Waals surface area contributed by atoms with E-state index in [1.807, 2.05) is 6.07 Å². The molecule has 0 unspecified atom stereocenters. The van der Waals surface area contributed by atoms with E-state index in [4.69, 9.17) is 14.2 Å². The summed E-state index contributed by atoms with van der Waals surface area (Å²) >= 11 is 0. The predicted octanol–water partition coefficient (Wildman–Crippen LogP) is 3.58. The SMILES string of the molecule is CCCOc1cccc2c1ccn2CCC1OCCCO1. The zero-order valence-corrected chi connectivity index (χ0v) is 12.6. The summed E-state index contributed by atoms with van der Waals surface area (Å²) < 4.78 is 19.3. The molecule has 4 nitrogen and oxygen atoms in total. The van der Waals surface area contributed by atoms with Gasteiger partial charge in [-0.1, -0.05) is 13.0 Å². The van der Waals surface area contributed by atoms with E-state index in [1.165, 1.54) is 10.9 Å². The Labute approximate surface area is 125 Å². The molecule has 3 rings (SSSR count). The van der Waals surface area contributed by atoms with E-state index < -0.39 is 0 Å². The number of rotatable bonds is 6. The molecule has 0 radical (unpaired) electrons. The van der Waals surface area contributed by atoms with Gasteiger partial charge >= 0.3 is 0 Å². The Bertz CT molecular complexity index is 572. The van der Waals surface area contributed by atoms with E-state index in [9.17, 15) is 0 Å². The van der Waals surface area contributed by atoms with Crippen LogP contribution in [0.15, 0.2) is 30.5 Å². The Hall–Kier alpha value is -1.52. The molecule has 0 spiro atoms. The van der Waals surface area contributed by atoms with E-state index in [-0.39, 0.29) is 6.29 Å². The highest BCUT2D eigenvalue weighted by Gasteiger charge is 2.14. The van der Waals surface area contributed by atoms with E-state index in [1.54, 1.807) is 0 Å². The summed E-state index contributed by atoms with van der Waals surface area (Å²) in [6.07, 6.45) is 4.96. The Morgan fingerprint density at radius 2 is 2.10 bits per heavy atom. The van der Waals surface area contributed by atoms with Crippen LogP contribution < -0.4 is 4.74 Å². The van der Waals surface area contributed by atoms with E-state index in [0.717, 1.165) is 51.4 Å². The molecule has 1 aromatic carbocycles. The van der Waals surface area contributed by atoms with Gasteiger partial charge in [-0.15, -0.1) is 0 Å². The van der Waals surface area contributed by atoms with Crippen molar-refractivity contribution in [1.82, 2.24) is 4.57 Å².